The van der Waals surface area contributed by atoms with E-state index in [2.05, 4.69) is 4.98 Å². The Balaban J connectivity index is 2.04. The fraction of sp³-hybridized carbons (Fsp3) is 0.190. The summed E-state index contributed by atoms with van der Waals surface area (Å²) in [6, 6.07) is 13.0. The first-order valence-electron chi connectivity index (χ1n) is 8.81. The summed E-state index contributed by atoms with van der Waals surface area (Å²) in [7, 11) is 1.59. The first-order valence-corrected chi connectivity index (χ1v) is 9.63. The highest BCUT2D eigenvalue weighted by Gasteiger charge is 2.17. The largest absolute Gasteiger partial charge is 0.385 e. The van der Waals surface area contributed by atoms with Crippen molar-refractivity contribution in [1.29, 1.82) is 0 Å². The zero-order valence-electron chi connectivity index (χ0n) is 15.1. The van der Waals surface area contributed by atoms with Crippen molar-refractivity contribution < 1.29 is 9.13 Å². The number of rotatable bonds is 5. The number of benzene rings is 2. The number of halogens is 1. The second-order valence-corrected chi connectivity index (χ2v) is 7.38. The summed E-state index contributed by atoms with van der Waals surface area (Å²) < 4.78 is 20.7. The van der Waals surface area contributed by atoms with Gasteiger partial charge in [-0.3, -0.25) is 14.2 Å². The predicted octanol–water partition coefficient (Wildman–Crippen LogP) is 3.81. The molecule has 0 aliphatic rings. The van der Waals surface area contributed by atoms with Crippen LogP contribution in [-0.4, -0.2) is 23.3 Å². The summed E-state index contributed by atoms with van der Waals surface area (Å²) in [6.45, 7) is 0.817. The quantitative estimate of drug-likeness (QED) is 0.380. The molecular formula is C21H17FN2O3S. The van der Waals surface area contributed by atoms with Crippen LogP contribution in [0.5, 0.6) is 0 Å². The molecule has 0 spiro atoms. The number of hydrogen-bond donors (Lipinski definition) is 0. The Morgan fingerprint density at radius 2 is 1.86 bits per heavy atom. The summed E-state index contributed by atoms with van der Waals surface area (Å²) in [6.07, 6.45) is 0.586. The van der Waals surface area contributed by atoms with Gasteiger partial charge >= 0.3 is 0 Å². The Kier molecular flexibility index (Phi) is 5.02. The van der Waals surface area contributed by atoms with Crippen molar-refractivity contribution in [2.75, 3.05) is 13.7 Å². The first kappa shape index (κ1) is 18.5. The highest BCUT2D eigenvalue weighted by molar-refractivity contribution is 7.24. The van der Waals surface area contributed by atoms with E-state index < -0.39 is 0 Å². The Morgan fingerprint density at radius 1 is 1.11 bits per heavy atom. The van der Waals surface area contributed by atoms with Gasteiger partial charge in [0.25, 0.3) is 5.56 Å². The average Bonchev–Trinajstić information content (AvgIpc) is 2.70. The minimum atomic E-state index is -0.382. The SMILES string of the molecule is COCCCn1c(-c2ccc(F)cc2)nc2sc3ccccc3c(=O)c2c1=O. The van der Waals surface area contributed by atoms with Crippen LogP contribution >= 0.6 is 11.3 Å². The lowest BCUT2D eigenvalue weighted by molar-refractivity contribution is 0.190. The monoisotopic (exact) mass is 396 g/mol. The normalized spacial score (nSPS) is 11.4. The third-order valence-electron chi connectivity index (χ3n) is 4.53. The summed E-state index contributed by atoms with van der Waals surface area (Å²) in [4.78, 5) is 31.3. The Labute approximate surface area is 163 Å². The lowest BCUT2D eigenvalue weighted by Crippen LogP contribution is -2.27. The van der Waals surface area contributed by atoms with E-state index in [0.29, 0.717) is 41.2 Å². The predicted molar refractivity (Wildman–Crippen MR) is 110 cm³/mol. The minimum Gasteiger partial charge on any atom is -0.385 e. The third kappa shape index (κ3) is 3.23. The number of ether oxygens (including phenoxy) is 1. The van der Waals surface area contributed by atoms with Gasteiger partial charge in [-0.05, 0) is 42.8 Å². The number of fused-ring (bicyclic) bond motifs is 2. The van der Waals surface area contributed by atoms with E-state index in [1.165, 1.54) is 28.0 Å². The lowest BCUT2D eigenvalue weighted by Gasteiger charge is -2.13. The molecule has 4 rings (SSSR count). The minimum absolute atomic E-state index is 0.0898. The molecule has 0 unspecified atom stereocenters. The van der Waals surface area contributed by atoms with E-state index in [1.54, 1.807) is 31.4 Å². The van der Waals surface area contributed by atoms with Crippen molar-refractivity contribution in [3.8, 4) is 11.4 Å². The zero-order chi connectivity index (χ0) is 19.7. The molecule has 0 atom stereocenters. The smallest absolute Gasteiger partial charge is 0.266 e. The zero-order valence-corrected chi connectivity index (χ0v) is 16.0. The van der Waals surface area contributed by atoms with Crippen molar-refractivity contribution in [2.45, 2.75) is 13.0 Å². The molecule has 2 aromatic carbocycles. The maximum atomic E-state index is 13.4. The molecule has 4 aromatic rings. The summed E-state index contributed by atoms with van der Waals surface area (Å²) >= 11 is 1.31. The van der Waals surface area contributed by atoms with Gasteiger partial charge < -0.3 is 4.74 Å². The maximum Gasteiger partial charge on any atom is 0.266 e. The molecule has 2 heterocycles. The number of methoxy groups -OCH3 is 1. The van der Waals surface area contributed by atoms with Crippen LogP contribution in [-0.2, 0) is 11.3 Å². The van der Waals surface area contributed by atoms with Gasteiger partial charge in [0.15, 0.2) is 0 Å². The van der Waals surface area contributed by atoms with E-state index in [4.69, 9.17) is 4.74 Å². The van der Waals surface area contributed by atoms with Gasteiger partial charge in [0.05, 0.1) is 0 Å². The standard InChI is InChI=1S/C21H17FN2O3S/c1-27-12-4-11-24-19(13-7-9-14(22)10-8-13)23-20-17(21(24)26)18(25)15-5-2-3-6-16(15)28-20/h2-3,5-10H,4,11-12H2,1H3. The van der Waals surface area contributed by atoms with E-state index >= 15 is 0 Å². The van der Waals surface area contributed by atoms with Crippen LogP contribution < -0.4 is 11.0 Å². The second-order valence-electron chi connectivity index (χ2n) is 6.35. The molecule has 0 saturated carbocycles. The number of aromatic nitrogens is 2. The van der Waals surface area contributed by atoms with E-state index in [0.717, 1.165) is 4.70 Å². The molecule has 2 aromatic heterocycles. The topological polar surface area (TPSA) is 61.2 Å². The maximum absolute atomic E-state index is 13.4. The van der Waals surface area contributed by atoms with Crippen LogP contribution in [0, 0.1) is 5.82 Å². The molecule has 0 bridgehead atoms. The van der Waals surface area contributed by atoms with Crippen LogP contribution in [0.3, 0.4) is 0 Å². The van der Waals surface area contributed by atoms with Gasteiger partial charge in [0.1, 0.15) is 21.9 Å². The van der Waals surface area contributed by atoms with Crippen molar-refractivity contribution in [2.24, 2.45) is 0 Å². The molecule has 0 amide bonds. The molecule has 0 radical (unpaired) electrons. The molecule has 0 saturated heterocycles. The van der Waals surface area contributed by atoms with Crippen LogP contribution in [0.15, 0.2) is 58.1 Å². The molecule has 0 aliphatic carbocycles. The first-order chi connectivity index (χ1) is 13.6. The molecule has 5 nitrogen and oxygen atoms in total. The van der Waals surface area contributed by atoms with Crippen LogP contribution in [0.4, 0.5) is 4.39 Å². The van der Waals surface area contributed by atoms with Crippen LogP contribution in [0.25, 0.3) is 31.7 Å². The summed E-state index contributed by atoms with van der Waals surface area (Å²) in [5.41, 5.74) is -0.0777. The number of hydrogen-bond acceptors (Lipinski definition) is 5. The van der Waals surface area contributed by atoms with E-state index in [-0.39, 0.29) is 22.2 Å². The Morgan fingerprint density at radius 3 is 2.61 bits per heavy atom. The van der Waals surface area contributed by atoms with Gasteiger partial charge in [-0.15, -0.1) is 11.3 Å². The van der Waals surface area contributed by atoms with Crippen molar-refractivity contribution in [3.63, 3.8) is 0 Å². The fourth-order valence-electron chi connectivity index (χ4n) is 3.18. The van der Waals surface area contributed by atoms with Gasteiger partial charge in [-0.25, -0.2) is 9.37 Å². The van der Waals surface area contributed by atoms with Crippen molar-refractivity contribution in [3.05, 3.63) is 74.9 Å². The average molecular weight is 396 g/mol. The Bertz CT molecular complexity index is 1280. The van der Waals surface area contributed by atoms with Crippen LogP contribution in [0.2, 0.25) is 0 Å². The molecule has 142 valence electrons. The van der Waals surface area contributed by atoms with E-state index in [9.17, 15) is 14.0 Å². The van der Waals surface area contributed by atoms with Gasteiger partial charge in [-0.1, -0.05) is 12.1 Å². The third-order valence-corrected chi connectivity index (χ3v) is 5.60. The van der Waals surface area contributed by atoms with Gasteiger partial charge in [0.2, 0.25) is 5.43 Å². The summed E-state index contributed by atoms with van der Waals surface area (Å²) in [5.74, 6) is 0.0491. The lowest BCUT2D eigenvalue weighted by atomic mass is 10.2. The molecule has 28 heavy (non-hydrogen) atoms. The fourth-order valence-corrected chi connectivity index (χ4v) is 4.22. The van der Waals surface area contributed by atoms with Crippen molar-refractivity contribution >= 4 is 31.6 Å². The highest BCUT2D eigenvalue weighted by atomic mass is 32.1. The molecule has 0 N–H and O–H groups in total. The highest BCUT2D eigenvalue weighted by Crippen LogP contribution is 2.25. The van der Waals surface area contributed by atoms with Gasteiger partial charge in [-0.2, -0.15) is 0 Å². The van der Waals surface area contributed by atoms with E-state index in [1.807, 2.05) is 12.1 Å². The Hall–Kier alpha value is -2.90. The molecule has 0 aliphatic heterocycles. The van der Waals surface area contributed by atoms with Crippen molar-refractivity contribution in [1.82, 2.24) is 9.55 Å². The summed E-state index contributed by atoms with van der Waals surface area (Å²) in [5, 5.41) is 0.601. The van der Waals surface area contributed by atoms with Crippen LogP contribution in [0.1, 0.15) is 6.42 Å². The molecule has 0 fully saturated rings. The second kappa shape index (κ2) is 7.61. The van der Waals surface area contributed by atoms with Gasteiger partial charge in [0, 0.05) is 35.9 Å². The molecule has 7 heteroatoms. The molecular weight excluding hydrogens is 379 g/mol. The number of nitrogens with zero attached hydrogens (tertiary/aromatic N) is 2.